The zero-order valence-electron chi connectivity index (χ0n) is 12.5. The van der Waals surface area contributed by atoms with E-state index in [0.717, 1.165) is 34.1 Å². The van der Waals surface area contributed by atoms with Crippen molar-refractivity contribution in [2.45, 2.75) is 24.7 Å². The number of hydrogen-bond acceptors (Lipinski definition) is 3. The quantitative estimate of drug-likeness (QED) is 0.638. The lowest BCUT2D eigenvalue weighted by Gasteiger charge is -2.17. The van der Waals surface area contributed by atoms with Crippen LogP contribution in [0.5, 0.6) is 0 Å². The first-order valence-electron chi connectivity index (χ1n) is 7.49. The molecule has 0 saturated carbocycles. The van der Waals surface area contributed by atoms with E-state index in [4.69, 9.17) is 4.74 Å². The summed E-state index contributed by atoms with van der Waals surface area (Å²) in [5.74, 6) is 0.0467. The molecule has 1 unspecified atom stereocenters. The lowest BCUT2D eigenvalue weighted by molar-refractivity contribution is -0.136. The van der Waals surface area contributed by atoms with Crippen LogP contribution in [0.15, 0.2) is 47.4 Å². The number of carbonyl (C=O) groups excluding carboxylic acids is 1. The van der Waals surface area contributed by atoms with Crippen LogP contribution in [0.4, 0.5) is 0 Å². The Morgan fingerprint density at radius 2 is 1.95 bits per heavy atom. The third-order valence-electron chi connectivity index (χ3n) is 3.77. The van der Waals surface area contributed by atoms with E-state index in [1.165, 1.54) is 0 Å². The third-order valence-corrected chi connectivity index (χ3v) is 5.07. The highest BCUT2D eigenvalue weighted by Crippen LogP contribution is 2.32. The van der Waals surface area contributed by atoms with Crippen LogP contribution in [0, 0.1) is 0 Å². The minimum atomic E-state index is -1.10. The second-order valence-electron chi connectivity index (χ2n) is 5.31. The van der Waals surface area contributed by atoms with Crippen LogP contribution in [0.3, 0.4) is 0 Å². The fraction of sp³-hybridized carbons (Fsp3) is 0.278. The monoisotopic (exact) mass is 314 g/mol. The molecule has 0 amide bonds. The van der Waals surface area contributed by atoms with E-state index < -0.39 is 10.8 Å². The highest BCUT2D eigenvalue weighted by molar-refractivity contribution is 7.85. The van der Waals surface area contributed by atoms with Crippen molar-refractivity contribution in [2.24, 2.45) is 0 Å². The van der Waals surface area contributed by atoms with Gasteiger partial charge in [-0.25, -0.2) is 4.79 Å². The molecule has 4 heteroatoms. The largest absolute Gasteiger partial charge is 0.462 e. The molecule has 0 spiro atoms. The van der Waals surface area contributed by atoms with Crippen LogP contribution in [-0.4, -0.2) is 22.5 Å². The predicted octanol–water partition coefficient (Wildman–Crippen LogP) is 3.69. The van der Waals surface area contributed by atoms with Crippen molar-refractivity contribution in [3.05, 3.63) is 48.0 Å². The summed E-state index contributed by atoms with van der Waals surface area (Å²) in [6, 6.07) is 11.8. The van der Waals surface area contributed by atoms with Gasteiger partial charge in [-0.1, -0.05) is 43.7 Å². The molecule has 22 heavy (non-hydrogen) atoms. The van der Waals surface area contributed by atoms with Crippen molar-refractivity contribution in [1.82, 2.24) is 0 Å². The Morgan fingerprint density at radius 3 is 2.68 bits per heavy atom. The Hall–Kier alpha value is -1.94. The van der Waals surface area contributed by atoms with Gasteiger partial charge in [-0.05, 0) is 29.3 Å². The summed E-state index contributed by atoms with van der Waals surface area (Å²) >= 11 is 0. The first kappa shape index (κ1) is 15.0. The van der Waals surface area contributed by atoms with Gasteiger partial charge in [-0.3, -0.25) is 4.21 Å². The van der Waals surface area contributed by atoms with Gasteiger partial charge in [-0.2, -0.15) is 0 Å². The van der Waals surface area contributed by atoms with Gasteiger partial charge in [-0.15, -0.1) is 0 Å². The topological polar surface area (TPSA) is 43.4 Å². The minimum Gasteiger partial charge on any atom is -0.462 e. The third kappa shape index (κ3) is 2.83. The molecule has 0 fully saturated rings. The van der Waals surface area contributed by atoms with Crippen molar-refractivity contribution in [3.8, 4) is 0 Å². The number of benzene rings is 2. The maximum absolute atomic E-state index is 12.3. The van der Waals surface area contributed by atoms with Gasteiger partial charge in [0.25, 0.3) is 0 Å². The number of hydrogen-bond donors (Lipinski definition) is 0. The standard InChI is InChI=1S/C18H18O3S/c1-2-3-9-21-18(19)15-8-10-22(20)17-12-14-7-5-4-6-13(14)11-16(15)17/h4-8,11-12H,2-3,9-10H2,1H3. The molecule has 1 heterocycles. The molecule has 0 aromatic heterocycles. The number of carbonyl (C=O) groups is 1. The lowest BCUT2D eigenvalue weighted by atomic mass is 10.0. The zero-order valence-corrected chi connectivity index (χ0v) is 13.3. The van der Waals surface area contributed by atoms with Gasteiger partial charge in [0, 0.05) is 16.2 Å². The van der Waals surface area contributed by atoms with Gasteiger partial charge in [0.2, 0.25) is 0 Å². The van der Waals surface area contributed by atoms with Crippen LogP contribution in [0.2, 0.25) is 0 Å². The fourth-order valence-electron chi connectivity index (χ4n) is 2.56. The van der Waals surface area contributed by atoms with Crippen molar-refractivity contribution in [3.63, 3.8) is 0 Å². The molecule has 114 valence electrons. The smallest absolute Gasteiger partial charge is 0.338 e. The van der Waals surface area contributed by atoms with E-state index in [9.17, 15) is 9.00 Å². The number of unbranched alkanes of at least 4 members (excludes halogenated alkanes) is 1. The summed E-state index contributed by atoms with van der Waals surface area (Å²) < 4.78 is 17.6. The average Bonchev–Trinajstić information content (AvgIpc) is 2.54. The number of rotatable bonds is 4. The molecule has 3 nitrogen and oxygen atoms in total. The van der Waals surface area contributed by atoms with E-state index in [2.05, 4.69) is 6.92 Å². The molecule has 0 saturated heterocycles. The van der Waals surface area contributed by atoms with Gasteiger partial charge < -0.3 is 4.74 Å². The molecule has 2 aromatic rings. The number of ether oxygens (including phenoxy) is 1. The first-order chi connectivity index (χ1) is 10.7. The predicted molar refractivity (Wildman–Crippen MR) is 89.1 cm³/mol. The highest BCUT2D eigenvalue weighted by Gasteiger charge is 2.24. The molecule has 3 rings (SSSR count). The number of esters is 1. The second-order valence-corrected chi connectivity index (χ2v) is 6.78. The Kier molecular flexibility index (Phi) is 4.39. The maximum Gasteiger partial charge on any atom is 0.338 e. The molecule has 1 atom stereocenters. The second kappa shape index (κ2) is 6.44. The van der Waals surface area contributed by atoms with Gasteiger partial charge in [0.1, 0.15) is 0 Å². The van der Waals surface area contributed by atoms with Crippen molar-refractivity contribution >= 4 is 33.1 Å². The summed E-state index contributed by atoms with van der Waals surface area (Å²) in [6.45, 7) is 2.48. The van der Waals surface area contributed by atoms with Crippen molar-refractivity contribution < 1.29 is 13.7 Å². The molecular formula is C18H18O3S. The van der Waals surface area contributed by atoms with E-state index in [1.54, 1.807) is 6.08 Å². The van der Waals surface area contributed by atoms with Gasteiger partial charge >= 0.3 is 5.97 Å². The highest BCUT2D eigenvalue weighted by atomic mass is 32.2. The summed E-state index contributed by atoms with van der Waals surface area (Å²) in [6.07, 6.45) is 3.58. The van der Waals surface area contributed by atoms with Crippen LogP contribution in [0.25, 0.3) is 16.3 Å². The molecule has 2 aromatic carbocycles. The van der Waals surface area contributed by atoms with Gasteiger partial charge in [0.15, 0.2) is 0 Å². The average molecular weight is 314 g/mol. The molecular weight excluding hydrogens is 296 g/mol. The van der Waals surface area contributed by atoms with E-state index >= 15 is 0 Å². The zero-order chi connectivity index (χ0) is 15.5. The van der Waals surface area contributed by atoms with E-state index in [-0.39, 0.29) is 5.97 Å². The Morgan fingerprint density at radius 1 is 1.23 bits per heavy atom. The molecule has 1 aliphatic heterocycles. The molecule has 1 aliphatic rings. The van der Waals surface area contributed by atoms with Crippen LogP contribution < -0.4 is 0 Å². The Bertz CT molecular complexity index is 777. The van der Waals surface area contributed by atoms with E-state index in [1.807, 2.05) is 36.4 Å². The SMILES string of the molecule is CCCCOC(=O)C1=CCS(=O)c2cc3ccccc3cc21. The molecule has 0 N–H and O–H groups in total. The summed E-state index contributed by atoms with van der Waals surface area (Å²) in [7, 11) is -1.10. The Labute approximate surface area is 132 Å². The van der Waals surface area contributed by atoms with Crippen molar-refractivity contribution in [1.29, 1.82) is 0 Å². The van der Waals surface area contributed by atoms with E-state index in [0.29, 0.717) is 17.9 Å². The van der Waals surface area contributed by atoms with Crippen LogP contribution >= 0.6 is 0 Å². The normalized spacial score (nSPS) is 17.0. The molecule has 0 bridgehead atoms. The molecule has 0 aliphatic carbocycles. The summed E-state index contributed by atoms with van der Waals surface area (Å²) in [5, 5.41) is 2.07. The van der Waals surface area contributed by atoms with Gasteiger partial charge in [0.05, 0.1) is 23.0 Å². The first-order valence-corrected chi connectivity index (χ1v) is 8.81. The van der Waals surface area contributed by atoms with Crippen LogP contribution in [0.1, 0.15) is 25.3 Å². The number of fused-ring (bicyclic) bond motifs is 2. The van der Waals surface area contributed by atoms with Crippen LogP contribution in [-0.2, 0) is 20.3 Å². The Balaban J connectivity index is 2.00. The summed E-state index contributed by atoms with van der Waals surface area (Å²) in [5.41, 5.74) is 1.28. The maximum atomic E-state index is 12.3. The lowest BCUT2D eigenvalue weighted by Crippen LogP contribution is -2.15. The minimum absolute atomic E-state index is 0.318. The van der Waals surface area contributed by atoms with Crippen molar-refractivity contribution in [2.75, 3.05) is 12.4 Å². The summed E-state index contributed by atoms with van der Waals surface area (Å²) in [4.78, 5) is 13.0. The fourth-order valence-corrected chi connectivity index (χ4v) is 3.73. The molecule has 0 radical (unpaired) electrons.